The van der Waals surface area contributed by atoms with Gasteiger partial charge in [0.2, 0.25) is 5.09 Å². The predicted octanol–water partition coefficient (Wildman–Crippen LogP) is 2.34. The van der Waals surface area contributed by atoms with E-state index >= 15 is 0 Å². The van der Waals surface area contributed by atoms with Crippen molar-refractivity contribution in [1.82, 2.24) is 10.0 Å². The van der Waals surface area contributed by atoms with Crippen LogP contribution in [-0.4, -0.2) is 22.0 Å². The summed E-state index contributed by atoms with van der Waals surface area (Å²) >= 11 is 5.14. The zero-order chi connectivity index (χ0) is 14.6. The molecule has 20 heavy (non-hydrogen) atoms. The fourth-order valence-corrected chi connectivity index (χ4v) is 3.76. The highest BCUT2D eigenvalue weighted by Gasteiger charge is 2.15. The largest absolute Gasteiger partial charge is 0.447 e. The normalized spacial score (nSPS) is 11.9. The Morgan fingerprint density at radius 3 is 2.75 bits per heavy atom. The summed E-state index contributed by atoms with van der Waals surface area (Å²) in [6, 6.07) is 7.24. The Bertz CT molecular complexity index is 664. The van der Waals surface area contributed by atoms with Gasteiger partial charge in [-0.2, -0.15) is 0 Å². The van der Waals surface area contributed by atoms with Crippen LogP contribution in [-0.2, 0) is 23.0 Å². The lowest BCUT2D eigenvalue weighted by molar-refractivity contribution is 0.401. The molecule has 0 aliphatic heterocycles. The van der Waals surface area contributed by atoms with Gasteiger partial charge in [-0.3, -0.25) is 0 Å². The van der Waals surface area contributed by atoms with Crippen molar-refractivity contribution in [3.8, 4) is 0 Å². The third-order valence-corrected chi connectivity index (χ3v) is 5.62. The van der Waals surface area contributed by atoms with Gasteiger partial charge in [-0.1, -0.05) is 0 Å². The first kappa shape index (κ1) is 15.7. The van der Waals surface area contributed by atoms with Crippen molar-refractivity contribution in [2.75, 3.05) is 13.6 Å². The van der Waals surface area contributed by atoms with Crippen LogP contribution < -0.4 is 10.0 Å². The summed E-state index contributed by atoms with van der Waals surface area (Å²) in [5.74, 6) is 0.603. The molecule has 2 rings (SSSR count). The Kier molecular flexibility index (Phi) is 5.39. The molecule has 2 N–H and O–H groups in total. The molecule has 0 fully saturated rings. The summed E-state index contributed by atoms with van der Waals surface area (Å²) in [6.45, 7) is 1.31. The smallest absolute Gasteiger partial charge is 0.273 e. The molecule has 0 aliphatic rings. The van der Waals surface area contributed by atoms with E-state index in [0.29, 0.717) is 12.3 Å². The highest BCUT2D eigenvalue weighted by atomic mass is 79.9. The van der Waals surface area contributed by atoms with E-state index in [2.05, 4.69) is 32.0 Å². The number of halogens is 1. The summed E-state index contributed by atoms with van der Waals surface area (Å²) in [6.07, 6.45) is 0.929. The molecule has 0 amide bonds. The second-order valence-electron chi connectivity index (χ2n) is 4.06. The summed E-state index contributed by atoms with van der Waals surface area (Å²) in [5.41, 5.74) is 0. The first-order chi connectivity index (χ1) is 9.51. The van der Waals surface area contributed by atoms with Gasteiger partial charge in [-0.15, -0.1) is 11.3 Å². The fraction of sp³-hybridized carbons (Fsp3) is 0.333. The maximum Gasteiger partial charge on any atom is 0.273 e. The summed E-state index contributed by atoms with van der Waals surface area (Å²) in [5, 5.41) is 3.17. The van der Waals surface area contributed by atoms with Crippen LogP contribution in [0, 0.1) is 0 Å². The average Bonchev–Trinajstić information content (AvgIpc) is 3.04. The van der Waals surface area contributed by atoms with E-state index in [1.165, 1.54) is 18.0 Å². The summed E-state index contributed by atoms with van der Waals surface area (Å²) in [7, 11) is -2.14. The number of furan rings is 1. The molecule has 0 bridgehead atoms. The second kappa shape index (κ2) is 6.86. The summed E-state index contributed by atoms with van der Waals surface area (Å²) < 4.78 is 31.6. The third kappa shape index (κ3) is 4.16. The lowest BCUT2D eigenvalue weighted by Crippen LogP contribution is -2.18. The molecule has 0 radical (unpaired) electrons. The van der Waals surface area contributed by atoms with E-state index in [4.69, 9.17) is 4.42 Å². The van der Waals surface area contributed by atoms with E-state index in [0.717, 1.165) is 16.8 Å². The Morgan fingerprint density at radius 2 is 2.10 bits per heavy atom. The fourth-order valence-electron chi connectivity index (χ4n) is 1.61. The first-order valence-electron chi connectivity index (χ1n) is 5.98. The van der Waals surface area contributed by atoms with Crippen LogP contribution >= 0.6 is 27.3 Å². The lowest BCUT2D eigenvalue weighted by atomic mass is 10.3. The highest BCUT2D eigenvalue weighted by Crippen LogP contribution is 2.22. The highest BCUT2D eigenvalue weighted by molar-refractivity contribution is 9.11. The molecule has 8 heteroatoms. The SMILES string of the molecule is CNS(=O)(=O)c1ccc(CNCCc2ccc(Br)s2)o1. The van der Waals surface area contributed by atoms with Crippen molar-refractivity contribution in [1.29, 1.82) is 0 Å². The molecule has 2 heterocycles. The topological polar surface area (TPSA) is 71.3 Å². The average molecular weight is 379 g/mol. The van der Waals surface area contributed by atoms with E-state index in [1.54, 1.807) is 17.4 Å². The Balaban J connectivity index is 1.80. The van der Waals surface area contributed by atoms with Crippen molar-refractivity contribution >= 4 is 37.3 Å². The van der Waals surface area contributed by atoms with E-state index in [1.807, 2.05) is 6.07 Å². The number of nitrogens with one attached hydrogen (secondary N) is 2. The minimum Gasteiger partial charge on any atom is -0.447 e. The molecule has 2 aromatic heterocycles. The monoisotopic (exact) mass is 378 g/mol. The van der Waals surface area contributed by atoms with Crippen molar-refractivity contribution in [3.05, 3.63) is 38.7 Å². The molecular formula is C12H15BrN2O3S2. The van der Waals surface area contributed by atoms with Gasteiger partial charge in [0.1, 0.15) is 5.76 Å². The predicted molar refractivity (Wildman–Crippen MR) is 82.4 cm³/mol. The van der Waals surface area contributed by atoms with Crippen LogP contribution in [0.3, 0.4) is 0 Å². The van der Waals surface area contributed by atoms with Crippen LogP contribution in [0.5, 0.6) is 0 Å². The zero-order valence-corrected chi connectivity index (χ0v) is 14.1. The van der Waals surface area contributed by atoms with Gasteiger partial charge in [-0.05, 0) is 53.7 Å². The minimum absolute atomic E-state index is 0.0565. The van der Waals surface area contributed by atoms with Gasteiger partial charge in [0.05, 0.1) is 10.3 Å². The van der Waals surface area contributed by atoms with Crippen molar-refractivity contribution in [2.45, 2.75) is 18.1 Å². The van der Waals surface area contributed by atoms with E-state index < -0.39 is 10.0 Å². The Morgan fingerprint density at radius 1 is 1.30 bits per heavy atom. The van der Waals surface area contributed by atoms with Gasteiger partial charge in [-0.25, -0.2) is 13.1 Å². The third-order valence-electron chi connectivity index (χ3n) is 2.65. The molecule has 0 aromatic carbocycles. The number of sulfonamides is 1. The number of rotatable bonds is 7. The quantitative estimate of drug-likeness (QED) is 0.725. The van der Waals surface area contributed by atoms with Gasteiger partial charge in [0.15, 0.2) is 0 Å². The van der Waals surface area contributed by atoms with Gasteiger partial charge >= 0.3 is 0 Å². The molecule has 5 nitrogen and oxygen atoms in total. The maximum atomic E-state index is 11.5. The van der Waals surface area contributed by atoms with Gasteiger partial charge in [0.25, 0.3) is 10.0 Å². The molecule has 0 spiro atoms. The molecule has 0 saturated heterocycles. The van der Waals surface area contributed by atoms with Crippen LogP contribution in [0.1, 0.15) is 10.6 Å². The summed E-state index contributed by atoms with van der Waals surface area (Å²) in [4.78, 5) is 1.29. The van der Waals surface area contributed by atoms with Crippen LogP contribution in [0.4, 0.5) is 0 Å². The molecule has 110 valence electrons. The first-order valence-corrected chi connectivity index (χ1v) is 9.08. The van der Waals surface area contributed by atoms with Crippen LogP contribution in [0.2, 0.25) is 0 Å². The van der Waals surface area contributed by atoms with Gasteiger partial charge < -0.3 is 9.73 Å². The molecule has 0 atom stereocenters. The van der Waals surface area contributed by atoms with Crippen molar-refractivity contribution in [3.63, 3.8) is 0 Å². The number of thiophene rings is 1. The second-order valence-corrected chi connectivity index (χ2v) is 8.43. The number of hydrogen-bond donors (Lipinski definition) is 2. The Hall–Kier alpha value is -0.670. The molecule has 0 aliphatic carbocycles. The van der Waals surface area contributed by atoms with Crippen molar-refractivity contribution in [2.24, 2.45) is 0 Å². The zero-order valence-electron chi connectivity index (χ0n) is 10.8. The lowest BCUT2D eigenvalue weighted by Gasteiger charge is -2.01. The minimum atomic E-state index is -3.50. The molecule has 0 saturated carbocycles. The van der Waals surface area contributed by atoms with Gasteiger partial charge in [0, 0.05) is 11.4 Å². The Labute approximate surface area is 130 Å². The number of hydrogen-bond acceptors (Lipinski definition) is 5. The van der Waals surface area contributed by atoms with Crippen LogP contribution in [0.25, 0.3) is 0 Å². The molecular weight excluding hydrogens is 364 g/mol. The van der Waals surface area contributed by atoms with E-state index in [-0.39, 0.29) is 5.09 Å². The standard InChI is InChI=1S/C12H15BrN2O3S2/c1-14-20(16,17)12-5-2-9(18-12)8-15-7-6-10-3-4-11(13)19-10/h2-5,14-15H,6-8H2,1H3. The van der Waals surface area contributed by atoms with E-state index in [9.17, 15) is 8.42 Å². The maximum absolute atomic E-state index is 11.5. The molecule has 0 unspecified atom stereocenters. The molecule has 2 aromatic rings. The van der Waals surface area contributed by atoms with Crippen molar-refractivity contribution < 1.29 is 12.8 Å². The van der Waals surface area contributed by atoms with Crippen LogP contribution in [0.15, 0.2) is 37.6 Å².